The summed E-state index contributed by atoms with van der Waals surface area (Å²) in [6.07, 6.45) is 3.42. The topological polar surface area (TPSA) is 71.1 Å². The van der Waals surface area contributed by atoms with Crippen LogP contribution in [0.1, 0.15) is 0 Å². The van der Waals surface area contributed by atoms with Gasteiger partial charge in [0, 0.05) is 20.1 Å². The zero-order chi connectivity index (χ0) is 14.9. The molecule has 2 aliphatic carbocycles. The van der Waals surface area contributed by atoms with E-state index in [2.05, 4.69) is 0 Å². The Morgan fingerprint density at radius 3 is 1.55 bits per heavy atom. The van der Waals surface area contributed by atoms with Gasteiger partial charge in [0.25, 0.3) is 0 Å². The molecule has 112 valence electrons. The lowest BCUT2D eigenvalue weighted by atomic mass is 9.83. The summed E-state index contributed by atoms with van der Waals surface area (Å²) < 4.78 is 20.3. The van der Waals surface area contributed by atoms with Gasteiger partial charge in [0.2, 0.25) is 0 Å². The Morgan fingerprint density at radius 2 is 1.25 bits per heavy atom. The molecule has 2 aliphatic rings. The molecular formula is C14H20O6. The SMILES string of the molecule is COC(=O)[C@@H]1[C@H](C(=O)OC)[C@@H]2C=C[C@H]1C2C(OC)OC. The van der Waals surface area contributed by atoms with Crippen LogP contribution in [0.3, 0.4) is 0 Å². The molecule has 2 bridgehead atoms. The molecule has 5 atom stereocenters. The zero-order valence-electron chi connectivity index (χ0n) is 12.1. The summed E-state index contributed by atoms with van der Waals surface area (Å²) in [5.41, 5.74) is 0. The van der Waals surface area contributed by atoms with E-state index in [-0.39, 0.29) is 17.8 Å². The minimum absolute atomic E-state index is 0.0850. The van der Waals surface area contributed by atoms with Crippen LogP contribution in [0.25, 0.3) is 0 Å². The van der Waals surface area contributed by atoms with E-state index in [0.29, 0.717) is 0 Å². The number of ether oxygens (including phenoxy) is 4. The maximum absolute atomic E-state index is 12.0. The highest BCUT2D eigenvalue weighted by atomic mass is 16.7. The second kappa shape index (κ2) is 5.93. The zero-order valence-corrected chi connectivity index (χ0v) is 12.1. The van der Waals surface area contributed by atoms with Gasteiger partial charge in [0.15, 0.2) is 6.29 Å². The summed E-state index contributed by atoms with van der Waals surface area (Å²) in [5.74, 6) is -2.23. The molecule has 0 amide bonds. The second-order valence-corrected chi connectivity index (χ2v) is 5.05. The Balaban J connectivity index is 2.34. The summed E-state index contributed by atoms with van der Waals surface area (Å²) in [4.78, 5) is 24.1. The lowest BCUT2D eigenvalue weighted by Crippen LogP contribution is -2.34. The van der Waals surface area contributed by atoms with E-state index in [1.54, 1.807) is 14.2 Å². The molecule has 6 heteroatoms. The quantitative estimate of drug-likeness (QED) is 0.418. The Hall–Kier alpha value is -1.40. The maximum Gasteiger partial charge on any atom is 0.310 e. The van der Waals surface area contributed by atoms with Crippen LogP contribution in [0.5, 0.6) is 0 Å². The third-order valence-electron chi connectivity index (χ3n) is 4.39. The number of hydrogen-bond donors (Lipinski definition) is 0. The first-order chi connectivity index (χ1) is 9.60. The van der Waals surface area contributed by atoms with Crippen molar-refractivity contribution in [2.45, 2.75) is 6.29 Å². The van der Waals surface area contributed by atoms with E-state index in [1.165, 1.54) is 14.2 Å². The normalized spacial score (nSPS) is 34.5. The highest BCUT2D eigenvalue weighted by Gasteiger charge is 2.60. The van der Waals surface area contributed by atoms with Gasteiger partial charge in [-0.2, -0.15) is 0 Å². The van der Waals surface area contributed by atoms with E-state index in [0.717, 1.165) is 0 Å². The second-order valence-electron chi connectivity index (χ2n) is 5.05. The number of fused-ring (bicyclic) bond motifs is 2. The van der Waals surface area contributed by atoms with Crippen LogP contribution in [0.2, 0.25) is 0 Å². The Kier molecular flexibility index (Phi) is 4.45. The van der Waals surface area contributed by atoms with Crippen molar-refractivity contribution in [3.05, 3.63) is 12.2 Å². The van der Waals surface area contributed by atoms with Crippen LogP contribution >= 0.6 is 0 Å². The van der Waals surface area contributed by atoms with E-state index < -0.39 is 30.1 Å². The van der Waals surface area contributed by atoms with Crippen molar-refractivity contribution in [2.24, 2.45) is 29.6 Å². The van der Waals surface area contributed by atoms with Gasteiger partial charge in [-0.1, -0.05) is 12.2 Å². The lowest BCUT2D eigenvalue weighted by Gasteiger charge is -2.25. The van der Waals surface area contributed by atoms with Crippen LogP contribution in [0.15, 0.2) is 12.2 Å². The van der Waals surface area contributed by atoms with Crippen molar-refractivity contribution >= 4 is 11.9 Å². The summed E-state index contributed by atoms with van der Waals surface area (Å²) in [6, 6.07) is 0. The molecule has 0 aromatic rings. The molecule has 0 aromatic heterocycles. The molecule has 1 fully saturated rings. The molecule has 0 aromatic carbocycles. The summed E-state index contributed by atoms with van der Waals surface area (Å²) in [7, 11) is 5.75. The number of esters is 2. The number of carbonyl (C=O) groups excluding carboxylic acids is 2. The van der Waals surface area contributed by atoms with Crippen LogP contribution in [0.4, 0.5) is 0 Å². The molecule has 0 saturated heterocycles. The summed E-state index contributed by atoms with van der Waals surface area (Å²) in [6.45, 7) is 0. The average Bonchev–Trinajstić information content (AvgIpc) is 3.03. The minimum atomic E-state index is -0.541. The molecule has 0 heterocycles. The first kappa shape index (κ1) is 15.0. The summed E-state index contributed by atoms with van der Waals surface area (Å²) >= 11 is 0. The van der Waals surface area contributed by atoms with E-state index in [4.69, 9.17) is 18.9 Å². The molecule has 1 saturated carbocycles. The monoisotopic (exact) mass is 284 g/mol. The highest BCUT2D eigenvalue weighted by molar-refractivity contribution is 5.84. The molecular weight excluding hydrogens is 264 g/mol. The third kappa shape index (κ3) is 2.13. The van der Waals surface area contributed by atoms with Gasteiger partial charge in [-0.05, 0) is 11.8 Å². The Bertz CT molecular complexity index is 382. The van der Waals surface area contributed by atoms with E-state index in [9.17, 15) is 9.59 Å². The standard InChI is InChI=1S/C14H20O6/c1-17-12(15)10-7-5-6-8(11(10)13(16)18-2)9(7)14(19-3)20-4/h5-11,14H,1-4H3/t7-,8+,9?,10-,11+. The molecule has 1 unspecified atom stereocenters. The van der Waals surface area contributed by atoms with Crippen LogP contribution in [0, 0.1) is 29.6 Å². The van der Waals surface area contributed by atoms with E-state index >= 15 is 0 Å². The molecule has 0 radical (unpaired) electrons. The fourth-order valence-electron chi connectivity index (χ4n) is 3.62. The van der Waals surface area contributed by atoms with Gasteiger partial charge in [0.05, 0.1) is 26.1 Å². The number of rotatable bonds is 5. The van der Waals surface area contributed by atoms with Crippen molar-refractivity contribution < 1.29 is 28.5 Å². The van der Waals surface area contributed by atoms with Crippen LogP contribution < -0.4 is 0 Å². The molecule has 0 N–H and O–H groups in total. The fraction of sp³-hybridized carbons (Fsp3) is 0.714. The fourth-order valence-corrected chi connectivity index (χ4v) is 3.62. The van der Waals surface area contributed by atoms with Crippen molar-refractivity contribution in [2.75, 3.05) is 28.4 Å². The van der Waals surface area contributed by atoms with Crippen molar-refractivity contribution in [1.29, 1.82) is 0 Å². The summed E-state index contributed by atoms with van der Waals surface area (Å²) in [5, 5.41) is 0. The third-order valence-corrected chi connectivity index (χ3v) is 4.39. The van der Waals surface area contributed by atoms with Gasteiger partial charge in [-0.15, -0.1) is 0 Å². The van der Waals surface area contributed by atoms with Gasteiger partial charge in [0.1, 0.15) is 0 Å². The van der Waals surface area contributed by atoms with Gasteiger partial charge in [-0.3, -0.25) is 9.59 Å². The number of methoxy groups -OCH3 is 4. The molecule has 6 nitrogen and oxygen atoms in total. The van der Waals surface area contributed by atoms with Crippen molar-refractivity contribution in [3.63, 3.8) is 0 Å². The van der Waals surface area contributed by atoms with Crippen molar-refractivity contribution in [1.82, 2.24) is 0 Å². The van der Waals surface area contributed by atoms with Gasteiger partial charge >= 0.3 is 11.9 Å². The van der Waals surface area contributed by atoms with Gasteiger partial charge in [-0.25, -0.2) is 0 Å². The predicted molar refractivity (Wildman–Crippen MR) is 68.4 cm³/mol. The van der Waals surface area contributed by atoms with Crippen LogP contribution in [-0.2, 0) is 28.5 Å². The maximum atomic E-state index is 12.0. The molecule has 20 heavy (non-hydrogen) atoms. The molecule has 2 rings (SSSR count). The predicted octanol–water partition coefficient (Wildman–Crippen LogP) is 0.616. The van der Waals surface area contributed by atoms with E-state index in [1.807, 2.05) is 12.2 Å². The average molecular weight is 284 g/mol. The Morgan fingerprint density at radius 1 is 0.850 bits per heavy atom. The number of allylic oxidation sites excluding steroid dienone is 2. The Labute approximate surface area is 118 Å². The molecule has 0 aliphatic heterocycles. The van der Waals surface area contributed by atoms with Gasteiger partial charge < -0.3 is 18.9 Å². The lowest BCUT2D eigenvalue weighted by molar-refractivity contribution is -0.158. The number of carbonyl (C=O) groups is 2. The first-order valence-corrected chi connectivity index (χ1v) is 6.50. The largest absolute Gasteiger partial charge is 0.469 e. The molecule has 0 spiro atoms. The highest BCUT2D eigenvalue weighted by Crippen LogP contribution is 2.54. The van der Waals surface area contributed by atoms with Crippen molar-refractivity contribution in [3.8, 4) is 0 Å². The smallest absolute Gasteiger partial charge is 0.310 e. The number of hydrogen-bond acceptors (Lipinski definition) is 6. The van der Waals surface area contributed by atoms with Crippen LogP contribution in [-0.4, -0.2) is 46.7 Å². The first-order valence-electron chi connectivity index (χ1n) is 6.50. The minimum Gasteiger partial charge on any atom is -0.469 e.